The van der Waals surface area contributed by atoms with Crippen molar-refractivity contribution in [1.29, 1.82) is 0 Å². The average molecular weight is 196 g/mol. The van der Waals surface area contributed by atoms with Crippen molar-refractivity contribution in [1.82, 2.24) is 0 Å². The summed E-state index contributed by atoms with van der Waals surface area (Å²) in [5.41, 5.74) is 0.892. The molecule has 1 aromatic rings. The molecule has 14 heavy (non-hydrogen) atoms. The molecule has 0 radical (unpaired) electrons. The van der Waals surface area contributed by atoms with E-state index in [4.69, 9.17) is 5.11 Å². The van der Waals surface area contributed by atoms with Crippen LogP contribution in [0.15, 0.2) is 18.2 Å². The van der Waals surface area contributed by atoms with Gasteiger partial charge < -0.3 is 15.3 Å². The van der Waals surface area contributed by atoms with Crippen molar-refractivity contribution < 1.29 is 15.3 Å². The summed E-state index contributed by atoms with van der Waals surface area (Å²) in [5, 5.41) is 27.4. The molecule has 0 amide bonds. The quantitative estimate of drug-likeness (QED) is 0.688. The Morgan fingerprint density at radius 1 is 1.14 bits per heavy atom. The average Bonchev–Trinajstić information content (AvgIpc) is 2.01. The van der Waals surface area contributed by atoms with Crippen molar-refractivity contribution in [3.63, 3.8) is 0 Å². The second-order valence-corrected chi connectivity index (χ2v) is 3.60. The van der Waals surface area contributed by atoms with Gasteiger partial charge in [-0.25, -0.2) is 0 Å². The summed E-state index contributed by atoms with van der Waals surface area (Å²) in [7, 11) is 0. The van der Waals surface area contributed by atoms with Crippen molar-refractivity contribution in [2.75, 3.05) is 0 Å². The lowest BCUT2D eigenvalue weighted by Crippen LogP contribution is -1.99. The number of phenols is 2. The van der Waals surface area contributed by atoms with E-state index in [1.807, 2.05) is 0 Å². The Labute approximate surface area is 83.6 Å². The van der Waals surface area contributed by atoms with Crippen LogP contribution in [-0.4, -0.2) is 21.4 Å². The van der Waals surface area contributed by atoms with Gasteiger partial charge in [0.1, 0.15) is 11.5 Å². The van der Waals surface area contributed by atoms with Crippen molar-refractivity contribution in [2.45, 2.75) is 32.3 Å². The van der Waals surface area contributed by atoms with Crippen LogP contribution in [0.1, 0.15) is 25.3 Å². The molecule has 1 rings (SSSR count). The topological polar surface area (TPSA) is 60.7 Å². The Bertz CT molecular complexity index is 274. The lowest BCUT2D eigenvalue weighted by Gasteiger charge is -2.05. The Balaban J connectivity index is 2.50. The summed E-state index contributed by atoms with van der Waals surface area (Å²) in [6, 6.07) is 4.56. The van der Waals surface area contributed by atoms with Gasteiger partial charge in [-0.1, -0.05) is 0 Å². The van der Waals surface area contributed by atoms with E-state index in [1.165, 1.54) is 6.07 Å². The fraction of sp³-hybridized carbons (Fsp3) is 0.455. The molecule has 1 atom stereocenters. The normalized spacial score (nSPS) is 12.7. The lowest BCUT2D eigenvalue weighted by atomic mass is 10.1. The number of aliphatic hydroxyl groups is 1. The predicted molar refractivity (Wildman–Crippen MR) is 54.4 cm³/mol. The lowest BCUT2D eigenvalue weighted by molar-refractivity contribution is 0.181. The largest absolute Gasteiger partial charge is 0.508 e. The molecule has 0 saturated heterocycles. The number of hydrogen-bond acceptors (Lipinski definition) is 3. The summed E-state index contributed by atoms with van der Waals surface area (Å²) in [6.07, 6.45) is 2.05. The van der Waals surface area contributed by atoms with Crippen LogP contribution < -0.4 is 0 Å². The van der Waals surface area contributed by atoms with Crippen molar-refractivity contribution >= 4 is 0 Å². The van der Waals surface area contributed by atoms with Crippen LogP contribution in [-0.2, 0) is 6.42 Å². The van der Waals surface area contributed by atoms with E-state index in [-0.39, 0.29) is 17.6 Å². The molecule has 0 saturated carbocycles. The van der Waals surface area contributed by atoms with E-state index in [2.05, 4.69) is 0 Å². The van der Waals surface area contributed by atoms with Crippen LogP contribution in [0.5, 0.6) is 11.5 Å². The van der Waals surface area contributed by atoms with Gasteiger partial charge in [-0.05, 0) is 43.9 Å². The van der Waals surface area contributed by atoms with Crippen molar-refractivity contribution in [3.8, 4) is 11.5 Å². The van der Waals surface area contributed by atoms with E-state index < -0.39 is 0 Å². The molecule has 3 N–H and O–H groups in total. The highest BCUT2D eigenvalue weighted by Crippen LogP contribution is 2.21. The van der Waals surface area contributed by atoms with E-state index in [1.54, 1.807) is 19.1 Å². The second kappa shape index (κ2) is 4.86. The summed E-state index contributed by atoms with van der Waals surface area (Å²) >= 11 is 0. The number of aryl methyl sites for hydroxylation is 1. The zero-order valence-corrected chi connectivity index (χ0v) is 8.27. The molecule has 0 heterocycles. The van der Waals surface area contributed by atoms with Crippen LogP contribution in [0.3, 0.4) is 0 Å². The van der Waals surface area contributed by atoms with Crippen molar-refractivity contribution in [2.24, 2.45) is 0 Å². The van der Waals surface area contributed by atoms with Gasteiger partial charge in [0.05, 0.1) is 6.10 Å². The van der Waals surface area contributed by atoms with Crippen LogP contribution in [0, 0.1) is 0 Å². The standard InChI is InChI=1S/C11H16O3/c1-8(12)3-2-4-9-5-10(13)7-11(14)6-9/h5-8,12-14H,2-4H2,1H3/t8-/m0/s1. The highest BCUT2D eigenvalue weighted by atomic mass is 16.3. The molecule has 3 nitrogen and oxygen atoms in total. The van der Waals surface area contributed by atoms with Gasteiger partial charge in [0.15, 0.2) is 0 Å². The molecule has 0 aliphatic carbocycles. The van der Waals surface area contributed by atoms with E-state index >= 15 is 0 Å². The molecular formula is C11H16O3. The molecule has 3 heteroatoms. The highest BCUT2D eigenvalue weighted by Gasteiger charge is 2.00. The Hall–Kier alpha value is -1.22. The third-order valence-corrected chi connectivity index (χ3v) is 2.05. The van der Waals surface area contributed by atoms with Crippen LogP contribution >= 0.6 is 0 Å². The first-order valence-corrected chi connectivity index (χ1v) is 4.78. The maximum Gasteiger partial charge on any atom is 0.119 e. The van der Waals surface area contributed by atoms with Gasteiger partial charge in [-0.15, -0.1) is 0 Å². The molecule has 0 aliphatic heterocycles. The Morgan fingerprint density at radius 3 is 2.21 bits per heavy atom. The molecule has 0 aromatic heterocycles. The minimum Gasteiger partial charge on any atom is -0.508 e. The maximum absolute atomic E-state index is 9.19. The van der Waals surface area contributed by atoms with Gasteiger partial charge in [-0.2, -0.15) is 0 Å². The summed E-state index contributed by atoms with van der Waals surface area (Å²) in [4.78, 5) is 0. The number of aromatic hydroxyl groups is 2. The van der Waals surface area contributed by atoms with Gasteiger partial charge in [-0.3, -0.25) is 0 Å². The first kappa shape index (κ1) is 10.9. The van der Waals surface area contributed by atoms with Gasteiger partial charge >= 0.3 is 0 Å². The fourth-order valence-electron chi connectivity index (χ4n) is 1.40. The van der Waals surface area contributed by atoms with E-state index in [0.29, 0.717) is 0 Å². The molecule has 0 aliphatic rings. The molecule has 1 aromatic carbocycles. The monoisotopic (exact) mass is 196 g/mol. The van der Waals surface area contributed by atoms with Crippen molar-refractivity contribution in [3.05, 3.63) is 23.8 Å². The van der Waals surface area contributed by atoms with E-state index in [9.17, 15) is 10.2 Å². The Morgan fingerprint density at radius 2 is 1.71 bits per heavy atom. The number of benzene rings is 1. The smallest absolute Gasteiger partial charge is 0.119 e. The predicted octanol–water partition coefficient (Wildman–Crippen LogP) is 1.80. The van der Waals surface area contributed by atoms with Gasteiger partial charge in [0.2, 0.25) is 0 Å². The number of hydrogen-bond donors (Lipinski definition) is 3. The summed E-state index contributed by atoms with van der Waals surface area (Å²) in [5.74, 6) is 0.161. The van der Waals surface area contributed by atoms with Gasteiger partial charge in [0, 0.05) is 6.07 Å². The first-order valence-electron chi connectivity index (χ1n) is 4.78. The molecular weight excluding hydrogens is 180 g/mol. The third kappa shape index (κ3) is 3.66. The Kier molecular flexibility index (Phi) is 3.77. The minimum atomic E-state index is -0.291. The van der Waals surface area contributed by atoms with Crippen LogP contribution in [0.4, 0.5) is 0 Å². The first-order chi connectivity index (χ1) is 6.58. The molecule has 0 unspecified atom stereocenters. The molecule has 78 valence electrons. The zero-order chi connectivity index (χ0) is 10.6. The van der Waals surface area contributed by atoms with Crippen LogP contribution in [0.25, 0.3) is 0 Å². The van der Waals surface area contributed by atoms with Gasteiger partial charge in [0.25, 0.3) is 0 Å². The van der Waals surface area contributed by atoms with E-state index in [0.717, 1.165) is 24.8 Å². The maximum atomic E-state index is 9.19. The molecule has 0 spiro atoms. The highest BCUT2D eigenvalue weighted by molar-refractivity contribution is 5.36. The number of aliphatic hydroxyl groups excluding tert-OH is 1. The number of rotatable bonds is 4. The summed E-state index contributed by atoms with van der Waals surface area (Å²) < 4.78 is 0. The zero-order valence-electron chi connectivity index (χ0n) is 8.27. The molecule has 0 bridgehead atoms. The third-order valence-electron chi connectivity index (χ3n) is 2.05. The second-order valence-electron chi connectivity index (χ2n) is 3.60. The molecule has 0 fully saturated rings. The minimum absolute atomic E-state index is 0.0806. The number of phenolic OH excluding ortho intramolecular Hbond substituents is 2. The SMILES string of the molecule is C[C@H](O)CCCc1cc(O)cc(O)c1. The summed E-state index contributed by atoms with van der Waals surface area (Å²) in [6.45, 7) is 1.75. The fourth-order valence-corrected chi connectivity index (χ4v) is 1.40. The van der Waals surface area contributed by atoms with Crippen LogP contribution in [0.2, 0.25) is 0 Å².